The maximum absolute atomic E-state index is 13.1. The van der Waals surface area contributed by atoms with Crippen molar-refractivity contribution in [2.24, 2.45) is 0 Å². The van der Waals surface area contributed by atoms with E-state index in [9.17, 15) is 9.18 Å². The third-order valence-electron chi connectivity index (χ3n) is 3.86. The molecular weight excluding hydrogens is 309 g/mol. The fourth-order valence-corrected chi connectivity index (χ4v) is 2.67. The van der Waals surface area contributed by atoms with Crippen molar-refractivity contribution in [1.29, 1.82) is 0 Å². The Morgan fingerprint density at radius 3 is 2.83 bits per heavy atom. The number of urea groups is 1. The number of hydrogen-bond acceptors (Lipinski definition) is 4. The number of anilines is 2. The van der Waals surface area contributed by atoms with Crippen molar-refractivity contribution in [2.45, 2.75) is 25.8 Å². The first-order chi connectivity index (χ1) is 11.7. The highest BCUT2D eigenvalue weighted by Gasteiger charge is 2.13. The molecule has 1 aromatic heterocycles. The highest BCUT2D eigenvalue weighted by molar-refractivity contribution is 5.89. The van der Waals surface area contributed by atoms with Crippen molar-refractivity contribution in [3.05, 3.63) is 48.2 Å². The number of hydrogen-bond donors (Lipinski definition) is 2. The molecule has 0 saturated carbocycles. The van der Waals surface area contributed by atoms with Gasteiger partial charge in [-0.25, -0.2) is 19.2 Å². The zero-order chi connectivity index (χ0) is 16.8. The summed E-state index contributed by atoms with van der Waals surface area (Å²) < 4.78 is 13.1. The fraction of sp³-hybridized carbons (Fsp3) is 0.353. The van der Waals surface area contributed by atoms with Crippen LogP contribution in [0.1, 0.15) is 25.1 Å². The molecule has 3 rings (SSSR count). The molecule has 1 aromatic carbocycles. The minimum atomic E-state index is -0.424. The molecule has 2 amide bonds. The van der Waals surface area contributed by atoms with Crippen LogP contribution in [0.2, 0.25) is 0 Å². The van der Waals surface area contributed by atoms with Gasteiger partial charge >= 0.3 is 6.03 Å². The lowest BCUT2D eigenvalue weighted by atomic mass is 10.1. The van der Waals surface area contributed by atoms with Gasteiger partial charge in [0.25, 0.3) is 0 Å². The Labute approximate surface area is 140 Å². The van der Waals surface area contributed by atoms with Gasteiger partial charge in [-0.3, -0.25) is 0 Å². The topological polar surface area (TPSA) is 70.2 Å². The summed E-state index contributed by atoms with van der Waals surface area (Å²) in [5.41, 5.74) is 0.399. The summed E-state index contributed by atoms with van der Waals surface area (Å²) >= 11 is 0. The molecule has 0 radical (unpaired) electrons. The van der Waals surface area contributed by atoms with Gasteiger partial charge in [0.1, 0.15) is 17.5 Å². The van der Waals surface area contributed by atoms with E-state index in [0.29, 0.717) is 11.5 Å². The molecule has 7 heteroatoms. The standard InChI is InChI=1S/C17H20FN5O/c18-13-5-4-6-14(11-13)21-17(24)20-12-15-19-8-7-16(22-15)23-9-2-1-3-10-23/h4-8,11H,1-3,9-10,12H2,(H2,20,21,24). The Morgan fingerprint density at radius 1 is 1.21 bits per heavy atom. The Bertz CT molecular complexity index is 703. The number of carbonyl (C=O) groups excluding carboxylic acids is 1. The molecule has 0 bridgehead atoms. The van der Waals surface area contributed by atoms with Crippen LogP contribution in [0.5, 0.6) is 0 Å². The number of piperidine rings is 1. The lowest BCUT2D eigenvalue weighted by Gasteiger charge is -2.27. The van der Waals surface area contributed by atoms with Gasteiger partial charge in [-0.2, -0.15) is 0 Å². The predicted octanol–water partition coefficient (Wildman–Crippen LogP) is 2.93. The van der Waals surface area contributed by atoms with Crippen LogP contribution in [0.3, 0.4) is 0 Å². The normalized spacial score (nSPS) is 14.3. The van der Waals surface area contributed by atoms with E-state index >= 15 is 0 Å². The number of nitrogens with one attached hydrogen (secondary N) is 2. The van der Waals surface area contributed by atoms with Gasteiger partial charge in [0, 0.05) is 25.0 Å². The summed E-state index contributed by atoms with van der Waals surface area (Å²) in [6.07, 6.45) is 5.32. The van der Waals surface area contributed by atoms with Crippen molar-refractivity contribution >= 4 is 17.5 Å². The highest BCUT2D eigenvalue weighted by atomic mass is 19.1. The van der Waals surface area contributed by atoms with Gasteiger partial charge in [-0.15, -0.1) is 0 Å². The Kier molecular flexibility index (Phi) is 5.20. The van der Waals surface area contributed by atoms with E-state index < -0.39 is 11.8 Å². The smallest absolute Gasteiger partial charge is 0.319 e. The maximum atomic E-state index is 13.1. The summed E-state index contributed by atoms with van der Waals surface area (Å²) in [4.78, 5) is 22.8. The largest absolute Gasteiger partial charge is 0.357 e. The molecule has 1 saturated heterocycles. The number of rotatable bonds is 4. The van der Waals surface area contributed by atoms with Crippen LogP contribution in [0.4, 0.5) is 20.7 Å². The number of aromatic nitrogens is 2. The molecule has 126 valence electrons. The molecule has 0 spiro atoms. The van der Waals surface area contributed by atoms with Crippen molar-refractivity contribution in [2.75, 3.05) is 23.3 Å². The molecule has 0 aliphatic carbocycles. The molecule has 2 heterocycles. The molecule has 1 aliphatic rings. The summed E-state index contributed by atoms with van der Waals surface area (Å²) in [7, 11) is 0. The first kappa shape index (κ1) is 16.2. The first-order valence-electron chi connectivity index (χ1n) is 8.08. The molecule has 6 nitrogen and oxygen atoms in total. The minimum Gasteiger partial charge on any atom is -0.357 e. The van der Waals surface area contributed by atoms with Crippen LogP contribution in [0, 0.1) is 5.82 Å². The summed E-state index contributed by atoms with van der Waals surface area (Å²) in [6, 6.07) is 7.21. The molecule has 2 aromatic rings. The van der Waals surface area contributed by atoms with E-state index in [4.69, 9.17) is 0 Å². The zero-order valence-electron chi connectivity index (χ0n) is 13.3. The third kappa shape index (κ3) is 4.41. The predicted molar refractivity (Wildman–Crippen MR) is 90.4 cm³/mol. The number of amides is 2. The van der Waals surface area contributed by atoms with Crippen LogP contribution < -0.4 is 15.5 Å². The number of benzene rings is 1. The van der Waals surface area contributed by atoms with Crippen molar-refractivity contribution in [1.82, 2.24) is 15.3 Å². The fourth-order valence-electron chi connectivity index (χ4n) is 2.67. The summed E-state index contributed by atoms with van der Waals surface area (Å²) in [5, 5.41) is 5.26. The van der Waals surface area contributed by atoms with Crippen LogP contribution in [0.15, 0.2) is 36.5 Å². The molecule has 0 unspecified atom stereocenters. The van der Waals surface area contributed by atoms with Gasteiger partial charge in [0.15, 0.2) is 0 Å². The van der Waals surface area contributed by atoms with E-state index in [1.165, 1.54) is 37.5 Å². The third-order valence-corrected chi connectivity index (χ3v) is 3.86. The molecular formula is C17H20FN5O. The van der Waals surface area contributed by atoms with Crippen LogP contribution >= 0.6 is 0 Å². The molecule has 2 N–H and O–H groups in total. The molecule has 1 aliphatic heterocycles. The van der Waals surface area contributed by atoms with Gasteiger partial charge in [0.2, 0.25) is 0 Å². The van der Waals surface area contributed by atoms with Crippen LogP contribution in [-0.4, -0.2) is 29.1 Å². The van der Waals surface area contributed by atoms with Gasteiger partial charge in [-0.05, 0) is 43.5 Å². The average Bonchev–Trinajstić information content (AvgIpc) is 2.61. The van der Waals surface area contributed by atoms with Gasteiger partial charge in [0.05, 0.1) is 6.54 Å². The lowest BCUT2D eigenvalue weighted by molar-refractivity contribution is 0.251. The Balaban J connectivity index is 1.55. The molecule has 24 heavy (non-hydrogen) atoms. The van der Waals surface area contributed by atoms with Crippen molar-refractivity contribution < 1.29 is 9.18 Å². The lowest BCUT2D eigenvalue weighted by Crippen LogP contribution is -2.31. The summed E-state index contributed by atoms with van der Waals surface area (Å²) in [5.74, 6) is 1.05. The molecule has 1 fully saturated rings. The van der Waals surface area contributed by atoms with Crippen molar-refractivity contribution in [3.63, 3.8) is 0 Å². The number of carbonyl (C=O) groups is 1. The monoisotopic (exact) mass is 329 g/mol. The quantitative estimate of drug-likeness (QED) is 0.905. The van der Waals surface area contributed by atoms with Gasteiger partial charge in [-0.1, -0.05) is 6.07 Å². The first-order valence-corrected chi connectivity index (χ1v) is 8.08. The SMILES string of the molecule is O=C(NCc1nccc(N2CCCCC2)n1)Nc1cccc(F)c1. The second-order valence-corrected chi connectivity index (χ2v) is 5.70. The number of halogens is 1. The average molecular weight is 329 g/mol. The zero-order valence-corrected chi connectivity index (χ0v) is 13.3. The van der Waals surface area contributed by atoms with Gasteiger partial charge < -0.3 is 15.5 Å². The minimum absolute atomic E-state index is 0.211. The maximum Gasteiger partial charge on any atom is 0.319 e. The van der Waals surface area contributed by atoms with E-state index in [2.05, 4.69) is 25.5 Å². The number of nitrogens with zero attached hydrogens (tertiary/aromatic N) is 3. The van der Waals surface area contributed by atoms with Crippen LogP contribution in [0.25, 0.3) is 0 Å². The van der Waals surface area contributed by atoms with E-state index in [-0.39, 0.29) is 6.54 Å². The van der Waals surface area contributed by atoms with Crippen molar-refractivity contribution in [3.8, 4) is 0 Å². The Hall–Kier alpha value is -2.70. The summed E-state index contributed by atoms with van der Waals surface area (Å²) in [6.45, 7) is 2.22. The Morgan fingerprint density at radius 2 is 2.04 bits per heavy atom. The van der Waals surface area contributed by atoms with E-state index in [1.54, 1.807) is 12.3 Å². The second-order valence-electron chi connectivity index (χ2n) is 5.70. The van der Waals surface area contributed by atoms with Crippen LogP contribution in [-0.2, 0) is 6.54 Å². The van der Waals surface area contributed by atoms with E-state index in [1.807, 2.05) is 6.07 Å². The highest BCUT2D eigenvalue weighted by Crippen LogP contribution is 2.16. The molecule has 0 atom stereocenters. The van der Waals surface area contributed by atoms with E-state index in [0.717, 1.165) is 18.9 Å². The second kappa shape index (κ2) is 7.72.